The standard InChI is InChI=1S/C27H31NO2.ClH/c1-21-9-11-23(12-10-21)27(29)8-4-5-17-28-18-15-25(16-19-28)30-26-14-13-22-6-2-3-7-24(22)20-26;/h2-3,6-7,9-14,20,25H,4-5,8,15-19H2,1H3;1H. The molecule has 0 bridgehead atoms. The number of halogens is 1. The fourth-order valence-electron chi connectivity index (χ4n) is 4.19. The third-order valence-electron chi connectivity index (χ3n) is 6.06. The van der Waals surface area contributed by atoms with Crippen molar-refractivity contribution in [3.05, 3.63) is 77.9 Å². The highest BCUT2D eigenvalue weighted by Crippen LogP contribution is 2.24. The Hall–Kier alpha value is -2.36. The van der Waals surface area contributed by atoms with Gasteiger partial charge in [0.25, 0.3) is 0 Å². The average Bonchev–Trinajstić information content (AvgIpc) is 2.78. The molecule has 0 unspecified atom stereocenters. The lowest BCUT2D eigenvalue weighted by Crippen LogP contribution is -2.38. The molecule has 0 aliphatic carbocycles. The van der Waals surface area contributed by atoms with E-state index in [0.717, 1.165) is 56.6 Å². The first kappa shape index (κ1) is 23.3. The number of hydrogen-bond donors (Lipinski definition) is 0. The Morgan fingerprint density at radius 2 is 1.65 bits per heavy atom. The van der Waals surface area contributed by atoms with Crippen LogP contribution in [0.25, 0.3) is 10.8 Å². The third kappa shape index (κ3) is 6.56. The van der Waals surface area contributed by atoms with Crippen LogP contribution in [0, 0.1) is 6.92 Å². The molecule has 1 aliphatic rings. The number of nitrogens with zero attached hydrogens (tertiary/aromatic N) is 1. The van der Waals surface area contributed by atoms with Crippen molar-refractivity contribution in [2.24, 2.45) is 0 Å². The first-order valence-electron chi connectivity index (χ1n) is 11.1. The molecule has 1 aliphatic heterocycles. The summed E-state index contributed by atoms with van der Waals surface area (Å²) >= 11 is 0. The zero-order valence-electron chi connectivity index (χ0n) is 18.3. The Morgan fingerprint density at radius 3 is 2.39 bits per heavy atom. The molecule has 3 aromatic carbocycles. The second-order valence-corrected chi connectivity index (χ2v) is 8.41. The van der Waals surface area contributed by atoms with Gasteiger partial charge in [-0.25, -0.2) is 0 Å². The number of Topliss-reactive ketones (excluding diaryl/α,β-unsaturated/α-hetero) is 1. The van der Waals surface area contributed by atoms with Crippen molar-refractivity contribution in [1.29, 1.82) is 0 Å². The minimum atomic E-state index is 0. The number of fused-ring (bicyclic) bond motifs is 1. The van der Waals surface area contributed by atoms with E-state index in [1.165, 1.54) is 16.3 Å². The number of hydrogen-bond acceptors (Lipinski definition) is 3. The smallest absolute Gasteiger partial charge is 0.162 e. The number of ketones is 1. The SMILES string of the molecule is Cc1ccc(C(=O)CCCCN2CCC(Oc3ccc4ccccc4c3)CC2)cc1.Cl. The highest BCUT2D eigenvalue weighted by Gasteiger charge is 2.20. The van der Waals surface area contributed by atoms with Gasteiger partial charge in [0, 0.05) is 25.1 Å². The van der Waals surface area contributed by atoms with Crippen LogP contribution in [0.4, 0.5) is 0 Å². The van der Waals surface area contributed by atoms with Gasteiger partial charge in [0.1, 0.15) is 11.9 Å². The molecule has 0 spiro atoms. The first-order valence-corrected chi connectivity index (χ1v) is 11.1. The molecule has 1 heterocycles. The highest BCUT2D eigenvalue weighted by molar-refractivity contribution is 5.96. The molecule has 0 saturated carbocycles. The molecule has 0 aromatic heterocycles. The number of carbonyl (C=O) groups excluding carboxylic acids is 1. The number of carbonyl (C=O) groups is 1. The predicted molar refractivity (Wildman–Crippen MR) is 131 cm³/mol. The Morgan fingerprint density at radius 1 is 0.935 bits per heavy atom. The topological polar surface area (TPSA) is 29.5 Å². The lowest BCUT2D eigenvalue weighted by molar-refractivity contribution is 0.0954. The van der Waals surface area contributed by atoms with E-state index in [9.17, 15) is 4.79 Å². The van der Waals surface area contributed by atoms with Crippen LogP contribution in [0.3, 0.4) is 0 Å². The molecular weight excluding hydrogens is 406 g/mol. The summed E-state index contributed by atoms with van der Waals surface area (Å²) in [6, 6.07) is 22.7. The van der Waals surface area contributed by atoms with Gasteiger partial charge in [0.05, 0.1) is 0 Å². The van der Waals surface area contributed by atoms with Crippen molar-refractivity contribution in [2.45, 2.75) is 45.1 Å². The van der Waals surface area contributed by atoms with Crippen molar-refractivity contribution >= 4 is 29.0 Å². The Balaban J connectivity index is 0.00000272. The molecule has 0 radical (unpaired) electrons. The molecule has 3 nitrogen and oxygen atoms in total. The third-order valence-corrected chi connectivity index (χ3v) is 6.06. The van der Waals surface area contributed by atoms with Crippen molar-refractivity contribution in [3.63, 3.8) is 0 Å². The maximum absolute atomic E-state index is 12.3. The summed E-state index contributed by atoms with van der Waals surface area (Å²) in [5.74, 6) is 1.24. The van der Waals surface area contributed by atoms with Gasteiger partial charge in [-0.1, -0.05) is 60.2 Å². The normalized spacial score (nSPS) is 14.9. The van der Waals surface area contributed by atoms with Crippen LogP contribution in [0.2, 0.25) is 0 Å². The van der Waals surface area contributed by atoms with Crippen LogP contribution in [-0.2, 0) is 0 Å². The molecule has 0 amide bonds. The summed E-state index contributed by atoms with van der Waals surface area (Å²) < 4.78 is 6.25. The van der Waals surface area contributed by atoms with Gasteiger partial charge in [-0.15, -0.1) is 12.4 Å². The van der Waals surface area contributed by atoms with Crippen LogP contribution in [0.1, 0.15) is 48.0 Å². The van der Waals surface area contributed by atoms with E-state index in [2.05, 4.69) is 47.4 Å². The van der Waals surface area contributed by atoms with E-state index < -0.39 is 0 Å². The minimum absolute atomic E-state index is 0. The number of piperidine rings is 1. The van der Waals surface area contributed by atoms with Crippen LogP contribution < -0.4 is 4.74 Å². The monoisotopic (exact) mass is 437 g/mol. The van der Waals surface area contributed by atoms with Crippen LogP contribution >= 0.6 is 12.4 Å². The highest BCUT2D eigenvalue weighted by atomic mass is 35.5. The fourth-order valence-corrected chi connectivity index (χ4v) is 4.19. The van der Waals surface area contributed by atoms with Gasteiger partial charge >= 0.3 is 0 Å². The van der Waals surface area contributed by atoms with E-state index in [1.54, 1.807) is 0 Å². The van der Waals surface area contributed by atoms with E-state index >= 15 is 0 Å². The van der Waals surface area contributed by atoms with Gasteiger partial charge in [-0.3, -0.25) is 4.79 Å². The molecule has 31 heavy (non-hydrogen) atoms. The molecule has 4 rings (SSSR count). The second-order valence-electron chi connectivity index (χ2n) is 8.41. The first-order chi connectivity index (χ1) is 14.7. The summed E-state index contributed by atoms with van der Waals surface area (Å²) in [4.78, 5) is 14.8. The maximum Gasteiger partial charge on any atom is 0.162 e. The second kappa shape index (κ2) is 11.3. The molecular formula is C27H32ClNO2. The number of rotatable bonds is 8. The van der Waals surface area contributed by atoms with Gasteiger partial charge in [-0.05, 0) is 62.1 Å². The van der Waals surface area contributed by atoms with Gasteiger partial charge < -0.3 is 9.64 Å². The summed E-state index contributed by atoms with van der Waals surface area (Å²) in [7, 11) is 0. The van der Waals surface area contributed by atoms with Crippen molar-refractivity contribution in [3.8, 4) is 5.75 Å². The molecule has 1 saturated heterocycles. The zero-order chi connectivity index (χ0) is 20.8. The minimum Gasteiger partial charge on any atom is -0.490 e. The molecule has 164 valence electrons. The van der Waals surface area contributed by atoms with E-state index in [4.69, 9.17) is 4.74 Å². The van der Waals surface area contributed by atoms with E-state index in [1.807, 2.05) is 31.2 Å². The van der Waals surface area contributed by atoms with Crippen molar-refractivity contribution < 1.29 is 9.53 Å². The molecule has 0 N–H and O–H groups in total. The summed E-state index contributed by atoms with van der Waals surface area (Å²) in [5.41, 5.74) is 2.03. The Bertz CT molecular complexity index is 978. The quantitative estimate of drug-likeness (QED) is 0.299. The molecule has 4 heteroatoms. The summed E-state index contributed by atoms with van der Waals surface area (Å²) in [5, 5.41) is 2.48. The summed E-state index contributed by atoms with van der Waals surface area (Å²) in [6.07, 6.45) is 5.11. The van der Waals surface area contributed by atoms with Crippen molar-refractivity contribution in [1.82, 2.24) is 4.90 Å². The largest absolute Gasteiger partial charge is 0.490 e. The number of aryl methyl sites for hydroxylation is 1. The van der Waals surface area contributed by atoms with E-state index in [-0.39, 0.29) is 18.2 Å². The fraction of sp³-hybridized carbons (Fsp3) is 0.370. The zero-order valence-corrected chi connectivity index (χ0v) is 19.1. The molecule has 1 fully saturated rings. The van der Waals surface area contributed by atoms with Crippen LogP contribution in [0.5, 0.6) is 5.75 Å². The number of unbranched alkanes of at least 4 members (excludes halogenated alkanes) is 1. The van der Waals surface area contributed by atoms with Crippen LogP contribution in [0.15, 0.2) is 66.7 Å². The van der Waals surface area contributed by atoms with Gasteiger partial charge in [0.15, 0.2) is 5.78 Å². The van der Waals surface area contributed by atoms with Crippen molar-refractivity contribution in [2.75, 3.05) is 19.6 Å². The van der Waals surface area contributed by atoms with Gasteiger partial charge in [-0.2, -0.15) is 0 Å². The maximum atomic E-state index is 12.3. The summed E-state index contributed by atoms with van der Waals surface area (Å²) in [6.45, 7) is 5.27. The number of likely N-dealkylation sites (tertiary alicyclic amines) is 1. The van der Waals surface area contributed by atoms with Crippen LogP contribution in [-0.4, -0.2) is 36.4 Å². The average molecular weight is 438 g/mol. The van der Waals surface area contributed by atoms with E-state index in [0.29, 0.717) is 12.5 Å². The number of benzene rings is 3. The molecule has 0 atom stereocenters. The molecule has 3 aromatic rings. The Kier molecular flexibility index (Phi) is 8.51. The number of ether oxygens (including phenoxy) is 1. The van der Waals surface area contributed by atoms with Gasteiger partial charge in [0.2, 0.25) is 0 Å². The predicted octanol–water partition coefficient (Wildman–Crippen LogP) is 6.47. The Labute approximate surface area is 191 Å². The lowest BCUT2D eigenvalue weighted by Gasteiger charge is -2.32. The lowest BCUT2D eigenvalue weighted by atomic mass is 10.0.